The Morgan fingerprint density at radius 2 is 1.77 bits per heavy atom. The molecule has 0 radical (unpaired) electrons. The van der Waals surface area contributed by atoms with Crippen LogP contribution in [0.2, 0.25) is 0 Å². The van der Waals surface area contributed by atoms with Gasteiger partial charge in [0.05, 0.1) is 6.61 Å². The molecule has 0 aliphatic heterocycles. The molecule has 0 aromatic heterocycles. The van der Waals surface area contributed by atoms with Crippen molar-refractivity contribution in [3.63, 3.8) is 0 Å². The molecule has 122 valence electrons. The minimum Gasteiger partial charge on any atom is -0.450 e. The molecule has 2 N–H and O–H groups in total. The number of carbonyl (C=O) groups excluding carboxylic acids is 2. The van der Waals surface area contributed by atoms with Gasteiger partial charge in [-0.05, 0) is 30.5 Å². The molecule has 0 saturated carbocycles. The van der Waals surface area contributed by atoms with Crippen LogP contribution in [0, 0.1) is 17.6 Å². The summed E-state index contributed by atoms with van der Waals surface area (Å²) < 4.78 is 30.9. The van der Waals surface area contributed by atoms with Crippen LogP contribution in [-0.2, 0) is 16.1 Å². The summed E-state index contributed by atoms with van der Waals surface area (Å²) in [5, 5.41) is 4.99. The summed E-state index contributed by atoms with van der Waals surface area (Å²) >= 11 is 0. The number of hydrogen-bond acceptors (Lipinski definition) is 3. The molecule has 0 heterocycles. The third-order valence-corrected chi connectivity index (χ3v) is 2.89. The Kier molecular flexibility index (Phi) is 6.75. The quantitative estimate of drug-likeness (QED) is 0.847. The minimum absolute atomic E-state index is 0.0404. The molecule has 0 aliphatic carbocycles. The molecule has 1 aromatic rings. The van der Waals surface area contributed by atoms with E-state index in [1.807, 2.05) is 0 Å². The van der Waals surface area contributed by atoms with Gasteiger partial charge in [-0.1, -0.05) is 13.8 Å². The van der Waals surface area contributed by atoms with Crippen molar-refractivity contribution in [2.75, 3.05) is 6.61 Å². The summed E-state index contributed by atoms with van der Waals surface area (Å²) in [5.74, 6) is -2.05. The van der Waals surface area contributed by atoms with E-state index in [9.17, 15) is 18.4 Å². The summed E-state index contributed by atoms with van der Waals surface area (Å²) in [4.78, 5) is 23.5. The molecular weight excluding hydrogens is 294 g/mol. The second-order valence-corrected chi connectivity index (χ2v) is 5.08. The van der Waals surface area contributed by atoms with Gasteiger partial charge in [0.15, 0.2) is 0 Å². The molecule has 2 amide bonds. The first kappa shape index (κ1) is 17.9. The van der Waals surface area contributed by atoms with Gasteiger partial charge in [-0.25, -0.2) is 13.6 Å². The zero-order valence-corrected chi connectivity index (χ0v) is 12.8. The van der Waals surface area contributed by atoms with Gasteiger partial charge in [-0.3, -0.25) is 4.79 Å². The maximum atomic E-state index is 13.1. The van der Waals surface area contributed by atoms with Crippen molar-refractivity contribution in [3.8, 4) is 0 Å². The van der Waals surface area contributed by atoms with Crippen molar-refractivity contribution >= 4 is 12.0 Å². The van der Waals surface area contributed by atoms with Crippen LogP contribution in [0.4, 0.5) is 13.6 Å². The van der Waals surface area contributed by atoms with Gasteiger partial charge in [-0.2, -0.15) is 0 Å². The Bertz CT molecular complexity index is 515. The predicted molar refractivity (Wildman–Crippen MR) is 77.0 cm³/mol. The summed E-state index contributed by atoms with van der Waals surface area (Å²) in [6.45, 7) is 5.33. The predicted octanol–water partition coefficient (Wildman–Crippen LogP) is 2.35. The fraction of sp³-hybridized carbons (Fsp3) is 0.467. The standard InChI is InChI=1S/C15H20F2N2O3/c1-4-22-15(21)19-13(9(2)3)14(20)18-8-10-5-11(16)7-12(17)6-10/h5-7,9,13H,4,8H2,1-3H3,(H,18,20)(H,19,21)/t13-/m0/s1. The Balaban J connectivity index is 2.65. The van der Waals surface area contributed by atoms with Crippen molar-refractivity contribution in [1.82, 2.24) is 10.6 Å². The van der Waals surface area contributed by atoms with Gasteiger partial charge in [0, 0.05) is 12.6 Å². The molecule has 0 spiro atoms. The number of ether oxygens (including phenoxy) is 1. The smallest absolute Gasteiger partial charge is 0.407 e. The van der Waals surface area contributed by atoms with Crippen molar-refractivity contribution in [2.24, 2.45) is 5.92 Å². The monoisotopic (exact) mass is 314 g/mol. The Hall–Kier alpha value is -2.18. The van der Waals surface area contributed by atoms with Gasteiger partial charge >= 0.3 is 6.09 Å². The molecule has 7 heteroatoms. The van der Waals surface area contributed by atoms with Crippen LogP contribution in [-0.4, -0.2) is 24.6 Å². The topological polar surface area (TPSA) is 67.4 Å². The summed E-state index contributed by atoms with van der Waals surface area (Å²) in [5.41, 5.74) is 0.296. The van der Waals surface area contributed by atoms with Gasteiger partial charge in [0.25, 0.3) is 0 Å². The summed E-state index contributed by atoms with van der Waals surface area (Å²) in [6.07, 6.45) is -0.687. The highest BCUT2D eigenvalue weighted by Crippen LogP contribution is 2.08. The van der Waals surface area contributed by atoms with Crippen LogP contribution < -0.4 is 10.6 Å². The Labute approximate surface area is 128 Å². The lowest BCUT2D eigenvalue weighted by molar-refractivity contribution is -0.124. The molecule has 1 aromatic carbocycles. The average Bonchev–Trinajstić information content (AvgIpc) is 2.41. The number of rotatable bonds is 6. The Morgan fingerprint density at radius 3 is 2.27 bits per heavy atom. The molecule has 0 aliphatic rings. The van der Waals surface area contributed by atoms with Gasteiger partial charge in [-0.15, -0.1) is 0 Å². The third-order valence-electron chi connectivity index (χ3n) is 2.89. The zero-order chi connectivity index (χ0) is 16.7. The largest absolute Gasteiger partial charge is 0.450 e. The van der Waals surface area contributed by atoms with E-state index in [0.717, 1.165) is 18.2 Å². The van der Waals surface area contributed by atoms with E-state index in [1.165, 1.54) is 0 Å². The van der Waals surface area contributed by atoms with Crippen LogP contribution >= 0.6 is 0 Å². The van der Waals surface area contributed by atoms with Crippen LogP contribution in [0.25, 0.3) is 0 Å². The third kappa shape index (κ3) is 5.67. The molecule has 22 heavy (non-hydrogen) atoms. The fourth-order valence-corrected chi connectivity index (χ4v) is 1.85. The normalized spacial score (nSPS) is 11.9. The lowest BCUT2D eigenvalue weighted by Crippen LogP contribution is -2.49. The van der Waals surface area contributed by atoms with Crippen LogP contribution in [0.1, 0.15) is 26.3 Å². The highest BCUT2D eigenvalue weighted by atomic mass is 19.1. The fourth-order valence-electron chi connectivity index (χ4n) is 1.85. The van der Waals surface area contributed by atoms with Crippen LogP contribution in [0.5, 0.6) is 0 Å². The number of amides is 2. The van der Waals surface area contributed by atoms with Crippen LogP contribution in [0.3, 0.4) is 0 Å². The van der Waals surface area contributed by atoms with E-state index < -0.39 is 29.7 Å². The van der Waals surface area contributed by atoms with E-state index in [4.69, 9.17) is 4.74 Å². The van der Waals surface area contributed by atoms with E-state index in [-0.39, 0.29) is 19.1 Å². The maximum absolute atomic E-state index is 13.1. The first-order valence-corrected chi connectivity index (χ1v) is 6.99. The van der Waals surface area contributed by atoms with Crippen molar-refractivity contribution in [2.45, 2.75) is 33.4 Å². The Morgan fingerprint density at radius 1 is 1.18 bits per heavy atom. The zero-order valence-electron chi connectivity index (χ0n) is 12.8. The van der Waals surface area contributed by atoms with Crippen molar-refractivity contribution in [3.05, 3.63) is 35.4 Å². The first-order chi connectivity index (χ1) is 10.3. The molecule has 0 bridgehead atoms. The first-order valence-electron chi connectivity index (χ1n) is 6.99. The lowest BCUT2D eigenvalue weighted by Gasteiger charge is -2.21. The van der Waals surface area contributed by atoms with E-state index in [2.05, 4.69) is 10.6 Å². The molecule has 0 fully saturated rings. The average molecular weight is 314 g/mol. The number of carbonyl (C=O) groups is 2. The van der Waals surface area contributed by atoms with Crippen molar-refractivity contribution in [1.29, 1.82) is 0 Å². The molecule has 0 saturated heterocycles. The van der Waals surface area contributed by atoms with Gasteiger partial charge in [0.1, 0.15) is 17.7 Å². The highest BCUT2D eigenvalue weighted by molar-refractivity contribution is 5.85. The van der Waals surface area contributed by atoms with Crippen LogP contribution in [0.15, 0.2) is 18.2 Å². The second kappa shape index (κ2) is 8.31. The second-order valence-electron chi connectivity index (χ2n) is 5.08. The molecule has 5 nitrogen and oxygen atoms in total. The van der Waals surface area contributed by atoms with Crippen molar-refractivity contribution < 1.29 is 23.1 Å². The van der Waals surface area contributed by atoms with E-state index in [0.29, 0.717) is 5.56 Å². The highest BCUT2D eigenvalue weighted by Gasteiger charge is 2.24. The maximum Gasteiger partial charge on any atom is 0.407 e. The van der Waals surface area contributed by atoms with Gasteiger partial charge < -0.3 is 15.4 Å². The number of alkyl carbamates (subject to hydrolysis) is 1. The summed E-state index contributed by atoms with van der Waals surface area (Å²) in [6, 6.07) is 2.22. The molecule has 1 rings (SSSR count). The summed E-state index contributed by atoms with van der Waals surface area (Å²) in [7, 11) is 0. The SMILES string of the molecule is CCOC(=O)N[C@H](C(=O)NCc1cc(F)cc(F)c1)C(C)C. The molecular formula is C15H20F2N2O3. The molecule has 1 atom stereocenters. The lowest BCUT2D eigenvalue weighted by atomic mass is 10.0. The van der Waals surface area contributed by atoms with E-state index in [1.54, 1.807) is 20.8 Å². The molecule has 0 unspecified atom stereocenters. The minimum atomic E-state index is -0.794. The van der Waals surface area contributed by atoms with Gasteiger partial charge in [0.2, 0.25) is 5.91 Å². The number of nitrogens with one attached hydrogen (secondary N) is 2. The number of halogens is 2. The number of hydrogen-bond donors (Lipinski definition) is 2. The number of benzene rings is 1. The van der Waals surface area contributed by atoms with E-state index >= 15 is 0 Å².